The predicted octanol–water partition coefficient (Wildman–Crippen LogP) is 2.71. The minimum absolute atomic E-state index is 0.0785. The average molecular weight is 452 g/mol. The van der Waals surface area contributed by atoms with Crippen molar-refractivity contribution in [3.8, 4) is 22.5 Å². The Bertz CT molecular complexity index is 1270. The highest BCUT2D eigenvalue weighted by Crippen LogP contribution is 2.29. The van der Waals surface area contributed by atoms with Gasteiger partial charge in [-0.05, 0) is 42.7 Å². The van der Waals surface area contributed by atoms with E-state index in [0.717, 1.165) is 29.5 Å². The van der Waals surface area contributed by atoms with E-state index in [0.29, 0.717) is 30.0 Å². The summed E-state index contributed by atoms with van der Waals surface area (Å²) in [5.41, 5.74) is 10.3. The Morgan fingerprint density at radius 3 is 2.56 bits per heavy atom. The molecule has 166 valence electrons. The summed E-state index contributed by atoms with van der Waals surface area (Å²) in [6.07, 6.45) is 3.05. The SMILES string of the molecule is CCCN(C)S(=O)(=O)c1ccc(-c2cnc(N)c(-c3ccc4c(c3)CCNC4=O)n2)cc1. The molecule has 4 rings (SSSR count). The third kappa shape index (κ3) is 4.09. The van der Waals surface area contributed by atoms with Crippen LogP contribution in [-0.2, 0) is 16.4 Å². The van der Waals surface area contributed by atoms with Gasteiger partial charge in [0.1, 0.15) is 11.5 Å². The molecule has 9 heteroatoms. The first-order valence-electron chi connectivity index (χ1n) is 10.4. The van der Waals surface area contributed by atoms with E-state index in [2.05, 4.69) is 15.3 Å². The molecule has 0 unspecified atom stereocenters. The van der Waals surface area contributed by atoms with Gasteiger partial charge < -0.3 is 11.1 Å². The third-order valence-corrected chi connectivity index (χ3v) is 7.37. The van der Waals surface area contributed by atoms with Crippen LogP contribution in [0.25, 0.3) is 22.5 Å². The Morgan fingerprint density at radius 1 is 1.12 bits per heavy atom. The van der Waals surface area contributed by atoms with E-state index in [1.807, 2.05) is 19.1 Å². The van der Waals surface area contributed by atoms with Crippen LogP contribution in [0.3, 0.4) is 0 Å². The molecular formula is C23H25N5O3S. The Morgan fingerprint density at radius 2 is 1.84 bits per heavy atom. The summed E-state index contributed by atoms with van der Waals surface area (Å²) in [5.74, 6) is 0.208. The van der Waals surface area contributed by atoms with Gasteiger partial charge in [0.2, 0.25) is 10.0 Å². The third-order valence-electron chi connectivity index (χ3n) is 5.50. The minimum Gasteiger partial charge on any atom is -0.382 e. The van der Waals surface area contributed by atoms with Crippen LogP contribution in [0.15, 0.2) is 53.6 Å². The van der Waals surface area contributed by atoms with Crippen molar-refractivity contribution in [1.82, 2.24) is 19.6 Å². The van der Waals surface area contributed by atoms with E-state index < -0.39 is 10.0 Å². The molecule has 0 bridgehead atoms. The van der Waals surface area contributed by atoms with Crippen LogP contribution in [-0.4, -0.2) is 48.7 Å². The number of fused-ring (bicyclic) bond motifs is 1. The molecule has 1 aromatic heterocycles. The number of nitrogens with two attached hydrogens (primary N) is 1. The molecular weight excluding hydrogens is 426 g/mol. The lowest BCUT2D eigenvalue weighted by molar-refractivity contribution is 0.0946. The number of nitrogens with zero attached hydrogens (tertiary/aromatic N) is 3. The first-order valence-corrected chi connectivity index (χ1v) is 11.9. The highest BCUT2D eigenvalue weighted by atomic mass is 32.2. The summed E-state index contributed by atoms with van der Waals surface area (Å²) in [5, 5.41) is 2.83. The van der Waals surface area contributed by atoms with Crippen LogP contribution in [0.2, 0.25) is 0 Å². The number of sulfonamides is 1. The number of benzene rings is 2. The molecule has 0 fully saturated rings. The monoisotopic (exact) mass is 451 g/mol. The van der Waals surface area contributed by atoms with Gasteiger partial charge in [-0.1, -0.05) is 25.1 Å². The van der Waals surface area contributed by atoms with E-state index in [-0.39, 0.29) is 16.6 Å². The van der Waals surface area contributed by atoms with Crippen LogP contribution in [0.1, 0.15) is 29.3 Å². The van der Waals surface area contributed by atoms with Crippen LogP contribution in [0.4, 0.5) is 5.82 Å². The number of rotatable bonds is 6. The summed E-state index contributed by atoms with van der Waals surface area (Å²) >= 11 is 0. The topological polar surface area (TPSA) is 118 Å². The molecule has 0 aliphatic carbocycles. The van der Waals surface area contributed by atoms with Gasteiger partial charge in [-0.2, -0.15) is 0 Å². The number of nitrogen functional groups attached to an aromatic ring is 1. The number of amides is 1. The zero-order chi connectivity index (χ0) is 22.9. The lowest BCUT2D eigenvalue weighted by Crippen LogP contribution is -2.31. The second-order valence-electron chi connectivity index (χ2n) is 7.72. The van der Waals surface area contributed by atoms with Crippen molar-refractivity contribution in [2.24, 2.45) is 0 Å². The number of nitrogens with one attached hydrogen (secondary N) is 1. The molecule has 3 N–H and O–H groups in total. The zero-order valence-corrected chi connectivity index (χ0v) is 18.8. The summed E-state index contributed by atoms with van der Waals surface area (Å²) in [4.78, 5) is 21.2. The fourth-order valence-electron chi connectivity index (χ4n) is 3.74. The maximum atomic E-state index is 12.6. The van der Waals surface area contributed by atoms with Gasteiger partial charge in [-0.15, -0.1) is 0 Å². The van der Waals surface area contributed by atoms with E-state index >= 15 is 0 Å². The van der Waals surface area contributed by atoms with Crippen molar-refractivity contribution in [3.05, 3.63) is 59.8 Å². The average Bonchev–Trinajstić information content (AvgIpc) is 2.79. The molecule has 0 saturated carbocycles. The van der Waals surface area contributed by atoms with Gasteiger partial charge in [0, 0.05) is 36.8 Å². The Balaban J connectivity index is 1.67. The molecule has 1 aliphatic heterocycles. The van der Waals surface area contributed by atoms with Gasteiger partial charge in [0.15, 0.2) is 0 Å². The van der Waals surface area contributed by atoms with E-state index in [4.69, 9.17) is 5.73 Å². The van der Waals surface area contributed by atoms with Crippen LogP contribution in [0, 0.1) is 0 Å². The summed E-state index contributed by atoms with van der Waals surface area (Å²) in [6, 6.07) is 12.1. The molecule has 1 aliphatic rings. The molecule has 2 heterocycles. The molecule has 32 heavy (non-hydrogen) atoms. The Kier molecular flexibility index (Phi) is 5.94. The number of aromatic nitrogens is 2. The molecule has 2 aromatic carbocycles. The fourth-order valence-corrected chi connectivity index (χ4v) is 5.00. The van der Waals surface area contributed by atoms with Crippen molar-refractivity contribution in [3.63, 3.8) is 0 Å². The molecule has 0 spiro atoms. The summed E-state index contributed by atoms with van der Waals surface area (Å²) in [6.45, 7) is 2.99. The number of carbonyl (C=O) groups is 1. The van der Waals surface area contributed by atoms with Crippen molar-refractivity contribution < 1.29 is 13.2 Å². The molecule has 0 saturated heterocycles. The number of carbonyl (C=O) groups excluding carboxylic acids is 1. The second-order valence-corrected chi connectivity index (χ2v) is 9.76. The number of anilines is 1. The molecule has 8 nitrogen and oxygen atoms in total. The lowest BCUT2D eigenvalue weighted by Gasteiger charge is -2.17. The maximum Gasteiger partial charge on any atom is 0.251 e. The van der Waals surface area contributed by atoms with Crippen LogP contribution >= 0.6 is 0 Å². The van der Waals surface area contributed by atoms with Gasteiger partial charge >= 0.3 is 0 Å². The van der Waals surface area contributed by atoms with Gasteiger partial charge in [-0.3, -0.25) is 4.79 Å². The predicted molar refractivity (Wildman–Crippen MR) is 123 cm³/mol. The molecule has 0 radical (unpaired) electrons. The smallest absolute Gasteiger partial charge is 0.251 e. The largest absolute Gasteiger partial charge is 0.382 e. The molecule has 1 amide bonds. The highest BCUT2D eigenvalue weighted by Gasteiger charge is 2.21. The summed E-state index contributed by atoms with van der Waals surface area (Å²) in [7, 11) is -1.95. The number of hydrogen-bond acceptors (Lipinski definition) is 6. The lowest BCUT2D eigenvalue weighted by atomic mass is 9.96. The normalized spacial score (nSPS) is 13.7. The van der Waals surface area contributed by atoms with Crippen molar-refractivity contribution in [1.29, 1.82) is 0 Å². The van der Waals surface area contributed by atoms with Gasteiger partial charge in [0.25, 0.3) is 5.91 Å². The van der Waals surface area contributed by atoms with Crippen molar-refractivity contribution in [2.75, 3.05) is 25.9 Å². The van der Waals surface area contributed by atoms with E-state index in [9.17, 15) is 13.2 Å². The minimum atomic E-state index is -3.53. The summed E-state index contributed by atoms with van der Waals surface area (Å²) < 4.78 is 26.6. The van der Waals surface area contributed by atoms with Crippen molar-refractivity contribution in [2.45, 2.75) is 24.7 Å². The standard InChI is InChI=1S/C23H25N5O3S/c1-3-12-28(2)32(30,31)18-7-4-15(5-8-18)20-14-26-22(24)21(27-20)17-6-9-19-16(13-17)10-11-25-23(19)29/h4-9,13-14H,3,10-12H2,1-2H3,(H2,24,26)(H,25,29). The van der Waals surface area contributed by atoms with Gasteiger partial charge in [0.05, 0.1) is 16.8 Å². The molecule has 0 atom stereocenters. The number of hydrogen-bond donors (Lipinski definition) is 2. The second kappa shape index (κ2) is 8.68. The van der Waals surface area contributed by atoms with Crippen LogP contribution in [0.5, 0.6) is 0 Å². The van der Waals surface area contributed by atoms with Gasteiger partial charge in [-0.25, -0.2) is 22.7 Å². The highest BCUT2D eigenvalue weighted by molar-refractivity contribution is 7.89. The Hall–Kier alpha value is -3.30. The Labute approximate surface area is 187 Å². The first-order chi connectivity index (χ1) is 15.3. The molecule has 3 aromatic rings. The van der Waals surface area contributed by atoms with E-state index in [1.54, 1.807) is 43.6 Å². The fraction of sp³-hybridized carbons (Fsp3) is 0.261. The zero-order valence-electron chi connectivity index (χ0n) is 18.0. The maximum absolute atomic E-state index is 12.6. The van der Waals surface area contributed by atoms with Crippen molar-refractivity contribution >= 4 is 21.7 Å². The quantitative estimate of drug-likeness (QED) is 0.595. The first kappa shape index (κ1) is 21.9. The van der Waals surface area contributed by atoms with Crippen LogP contribution < -0.4 is 11.1 Å². The van der Waals surface area contributed by atoms with E-state index in [1.165, 1.54) is 4.31 Å².